The Morgan fingerprint density at radius 1 is 1.14 bits per heavy atom. The number of fused-ring (bicyclic) bond motifs is 5. The lowest BCUT2D eigenvalue weighted by atomic mass is 10.0. The van der Waals surface area contributed by atoms with Crippen LogP contribution in [0.3, 0.4) is 0 Å². The first kappa shape index (κ1) is 17.7. The van der Waals surface area contributed by atoms with Crippen LogP contribution in [0.15, 0.2) is 18.2 Å². The molecule has 0 radical (unpaired) electrons. The number of aryl methyl sites for hydroxylation is 1. The summed E-state index contributed by atoms with van der Waals surface area (Å²) in [5.74, 6) is 1.01. The van der Waals surface area contributed by atoms with Crippen LogP contribution in [0.2, 0.25) is 0 Å². The maximum absolute atomic E-state index is 13.5. The number of rotatable bonds is 3. The molecule has 3 fully saturated rings. The molecule has 2 bridgehead atoms. The Morgan fingerprint density at radius 2 is 1.96 bits per heavy atom. The van der Waals surface area contributed by atoms with Crippen molar-refractivity contribution in [2.75, 3.05) is 33.3 Å². The number of hydrogen-bond acceptors (Lipinski definition) is 4. The highest BCUT2D eigenvalue weighted by Crippen LogP contribution is 2.31. The first-order chi connectivity index (χ1) is 13.7. The SMILES string of the molecule is COc1ccc(-n2nc(C(=O)N3CCN4CCC3CC4)c3c2CCC3)cc1C. The zero-order chi connectivity index (χ0) is 19.3. The van der Waals surface area contributed by atoms with Crippen molar-refractivity contribution in [3.05, 3.63) is 40.7 Å². The average molecular weight is 380 g/mol. The van der Waals surface area contributed by atoms with Crippen LogP contribution in [0.5, 0.6) is 5.75 Å². The van der Waals surface area contributed by atoms with E-state index in [1.54, 1.807) is 7.11 Å². The van der Waals surface area contributed by atoms with E-state index in [9.17, 15) is 4.79 Å². The fourth-order valence-corrected chi connectivity index (χ4v) is 5.11. The molecular formula is C22H28N4O2. The van der Waals surface area contributed by atoms with Crippen molar-refractivity contribution in [1.29, 1.82) is 0 Å². The largest absolute Gasteiger partial charge is 0.496 e. The highest BCUT2D eigenvalue weighted by atomic mass is 16.5. The average Bonchev–Trinajstić information content (AvgIpc) is 3.19. The smallest absolute Gasteiger partial charge is 0.274 e. The molecule has 3 aliphatic heterocycles. The first-order valence-electron chi connectivity index (χ1n) is 10.4. The number of piperidine rings is 1. The second kappa shape index (κ2) is 6.92. The van der Waals surface area contributed by atoms with Gasteiger partial charge in [0.25, 0.3) is 5.91 Å². The minimum absolute atomic E-state index is 0.135. The molecule has 0 N–H and O–H groups in total. The highest BCUT2D eigenvalue weighted by Gasteiger charge is 2.36. The lowest BCUT2D eigenvalue weighted by Gasteiger charge is -2.31. The lowest BCUT2D eigenvalue weighted by Crippen LogP contribution is -2.42. The van der Waals surface area contributed by atoms with Gasteiger partial charge in [-0.15, -0.1) is 0 Å². The Balaban J connectivity index is 1.52. The monoisotopic (exact) mass is 380 g/mol. The molecule has 0 atom stereocenters. The molecule has 0 saturated carbocycles. The van der Waals surface area contributed by atoms with Crippen molar-refractivity contribution < 1.29 is 9.53 Å². The minimum Gasteiger partial charge on any atom is -0.496 e. The minimum atomic E-state index is 0.135. The van der Waals surface area contributed by atoms with Gasteiger partial charge in [0.05, 0.1) is 12.8 Å². The van der Waals surface area contributed by atoms with Crippen LogP contribution in [0.4, 0.5) is 0 Å². The van der Waals surface area contributed by atoms with Gasteiger partial charge in [0.2, 0.25) is 0 Å². The third-order valence-corrected chi connectivity index (χ3v) is 6.67. The van der Waals surface area contributed by atoms with Gasteiger partial charge in [0, 0.05) is 43.5 Å². The van der Waals surface area contributed by atoms with Gasteiger partial charge >= 0.3 is 0 Å². The Hall–Kier alpha value is -2.34. The lowest BCUT2D eigenvalue weighted by molar-refractivity contribution is 0.0677. The van der Waals surface area contributed by atoms with Gasteiger partial charge < -0.3 is 14.5 Å². The van der Waals surface area contributed by atoms with E-state index >= 15 is 0 Å². The predicted molar refractivity (Wildman–Crippen MR) is 107 cm³/mol. The standard InChI is InChI=1S/C22H28N4O2/c1-15-14-17(6-7-20(15)28-2)26-19-5-3-4-18(19)21(23-26)22(27)25-13-12-24-10-8-16(25)9-11-24/h6-7,14,16H,3-5,8-13H2,1-2H3. The number of carbonyl (C=O) groups is 1. The van der Waals surface area contributed by atoms with Gasteiger partial charge in [-0.25, -0.2) is 4.68 Å². The first-order valence-corrected chi connectivity index (χ1v) is 10.4. The maximum Gasteiger partial charge on any atom is 0.274 e. The fraction of sp³-hybridized carbons (Fsp3) is 0.545. The van der Waals surface area contributed by atoms with Crippen LogP contribution < -0.4 is 4.74 Å². The van der Waals surface area contributed by atoms with E-state index in [2.05, 4.69) is 15.9 Å². The number of ether oxygens (including phenoxy) is 1. The number of hydrogen-bond donors (Lipinski definition) is 0. The summed E-state index contributed by atoms with van der Waals surface area (Å²) in [7, 11) is 1.69. The number of nitrogens with zero attached hydrogens (tertiary/aromatic N) is 4. The predicted octanol–water partition coefficient (Wildman–Crippen LogP) is 2.60. The summed E-state index contributed by atoms with van der Waals surface area (Å²) in [5.41, 5.74) is 5.14. The van der Waals surface area contributed by atoms with Gasteiger partial charge in [-0.2, -0.15) is 5.10 Å². The Labute approximate surface area is 166 Å². The molecule has 28 heavy (non-hydrogen) atoms. The zero-order valence-corrected chi connectivity index (χ0v) is 16.8. The van der Waals surface area contributed by atoms with E-state index in [0.29, 0.717) is 11.7 Å². The van der Waals surface area contributed by atoms with Gasteiger partial charge in [-0.05, 0) is 62.8 Å². The van der Waals surface area contributed by atoms with Gasteiger partial charge in [-0.1, -0.05) is 0 Å². The molecule has 3 saturated heterocycles. The number of benzene rings is 1. The zero-order valence-electron chi connectivity index (χ0n) is 16.8. The summed E-state index contributed by atoms with van der Waals surface area (Å²) >= 11 is 0. The molecule has 0 spiro atoms. The quantitative estimate of drug-likeness (QED) is 0.821. The van der Waals surface area contributed by atoms with Crippen molar-refractivity contribution in [3.8, 4) is 11.4 Å². The van der Waals surface area contributed by atoms with Gasteiger partial charge in [-0.3, -0.25) is 4.79 Å². The normalized spacial score (nSPS) is 23.6. The van der Waals surface area contributed by atoms with Crippen LogP contribution in [0, 0.1) is 6.92 Å². The number of methoxy groups -OCH3 is 1. The van der Waals surface area contributed by atoms with Crippen LogP contribution >= 0.6 is 0 Å². The van der Waals surface area contributed by atoms with E-state index in [1.807, 2.05) is 23.7 Å². The van der Waals surface area contributed by atoms with Gasteiger partial charge in [0.15, 0.2) is 5.69 Å². The van der Waals surface area contributed by atoms with Crippen molar-refractivity contribution in [2.24, 2.45) is 0 Å². The van der Waals surface area contributed by atoms with Crippen molar-refractivity contribution >= 4 is 5.91 Å². The van der Waals surface area contributed by atoms with Crippen molar-refractivity contribution in [1.82, 2.24) is 19.6 Å². The number of carbonyl (C=O) groups excluding carboxylic acids is 1. The summed E-state index contributed by atoms with van der Waals surface area (Å²) in [6, 6.07) is 6.49. The van der Waals surface area contributed by atoms with Crippen molar-refractivity contribution in [2.45, 2.75) is 45.1 Å². The molecule has 1 aromatic heterocycles. The molecule has 6 heteroatoms. The van der Waals surface area contributed by atoms with E-state index in [1.165, 1.54) is 5.69 Å². The summed E-state index contributed by atoms with van der Waals surface area (Å²) in [4.78, 5) is 18.1. The number of aromatic nitrogens is 2. The molecule has 4 heterocycles. The second-order valence-corrected chi connectivity index (χ2v) is 8.26. The molecule has 148 valence electrons. The summed E-state index contributed by atoms with van der Waals surface area (Å²) in [5, 5.41) is 4.86. The van der Waals surface area contributed by atoms with Crippen LogP contribution in [-0.2, 0) is 12.8 Å². The molecule has 4 aliphatic rings. The van der Waals surface area contributed by atoms with E-state index in [-0.39, 0.29) is 5.91 Å². The molecular weight excluding hydrogens is 352 g/mol. The van der Waals surface area contributed by atoms with E-state index in [0.717, 1.165) is 80.8 Å². The van der Waals surface area contributed by atoms with Gasteiger partial charge in [0.1, 0.15) is 5.75 Å². The Bertz CT molecular complexity index is 912. The maximum atomic E-state index is 13.5. The second-order valence-electron chi connectivity index (χ2n) is 8.26. The van der Waals surface area contributed by atoms with E-state index in [4.69, 9.17) is 9.84 Å². The molecule has 1 aromatic carbocycles. The number of amides is 1. The summed E-state index contributed by atoms with van der Waals surface area (Å²) in [6.45, 7) is 6.09. The van der Waals surface area contributed by atoms with Crippen LogP contribution in [-0.4, -0.2) is 64.8 Å². The van der Waals surface area contributed by atoms with Crippen LogP contribution in [0.1, 0.15) is 46.6 Å². The molecule has 1 amide bonds. The summed E-state index contributed by atoms with van der Waals surface area (Å²) in [6.07, 6.45) is 5.21. The molecule has 6 nitrogen and oxygen atoms in total. The van der Waals surface area contributed by atoms with Crippen molar-refractivity contribution in [3.63, 3.8) is 0 Å². The third-order valence-electron chi connectivity index (χ3n) is 6.67. The van der Waals surface area contributed by atoms with Crippen LogP contribution in [0.25, 0.3) is 5.69 Å². The molecule has 1 aliphatic carbocycles. The molecule has 6 rings (SSSR count). The topological polar surface area (TPSA) is 50.6 Å². The highest BCUT2D eigenvalue weighted by molar-refractivity contribution is 5.94. The molecule has 0 unspecified atom stereocenters. The molecule has 2 aromatic rings. The van der Waals surface area contributed by atoms with E-state index < -0.39 is 0 Å². The Morgan fingerprint density at radius 3 is 2.71 bits per heavy atom. The summed E-state index contributed by atoms with van der Waals surface area (Å²) < 4.78 is 7.40. The Kier molecular flexibility index (Phi) is 4.38. The third kappa shape index (κ3) is 2.82. The fourth-order valence-electron chi connectivity index (χ4n) is 5.11.